The van der Waals surface area contributed by atoms with Gasteiger partial charge in [0.05, 0.1) is 11.8 Å². The van der Waals surface area contributed by atoms with Crippen LogP contribution >= 0.6 is 0 Å². The van der Waals surface area contributed by atoms with E-state index in [1.54, 1.807) is 60.8 Å². The van der Waals surface area contributed by atoms with Gasteiger partial charge >= 0.3 is 5.97 Å². The molecule has 0 fully saturated rings. The van der Waals surface area contributed by atoms with Crippen LogP contribution < -0.4 is 19.6 Å². The molecule has 8 nitrogen and oxygen atoms in total. The monoisotopic (exact) mass is 403 g/mol. The lowest BCUT2D eigenvalue weighted by Gasteiger charge is -2.24. The lowest BCUT2D eigenvalue weighted by atomic mass is 10.2. The molecule has 0 bridgehead atoms. The van der Waals surface area contributed by atoms with Crippen molar-refractivity contribution in [3.8, 4) is 17.2 Å². The highest BCUT2D eigenvalue weighted by atomic mass is 16.6. The number of hydrogen-bond acceptors (Lipinski definition) is 7. The Morgan fingerprint density at radius 1 is 1.07 bits per heavy atom. The molecule has 0 spiro atoms. The maximum atomic E-state index is 12.2. The van der Waals surface area contributed by atoms with Crippen LogP contribution in [-0.2, 0) is 4.79 Å². The van der Waals surface area contributed by atoms with Crippen LogP contribution in [0.1, 0.15) is 15.9 Å². The third kappa shape index (κ3) is 4.61. The van der Waals surface area contributed by atoms with E-state index < -0.39 is 18.0 Å². The van der Waals surface area contributed by atoms with Crippen LogP contribution in [0.15, 0.2) is 78.2 Å². The number of hydrogen-bond donors (Lipinski definition) is 1. The molecule has 1 amide bonds. The van der Waals surface area contributed by atoms with E-state index in [9.17, 15) is 9.59 Å². The molecule has 0 unspecified atom stereocenters. The van der Waals surface area contributed by atoms with Crippen molar-refractivity contribution in [2.45, 2.75) is 6.10 Å². The molecule has 1 aliphatic heterocycles. The van der Waals surface area contributed by atoms with Crippen molar-refractivity contribution in [3.05, 3.63) is 84.2 Å². The summed E-state index contributed by atoms with van der Waals surface area (Å²) < 4.78 is 16.4. The van der Waals surface area contributed by atoms with Gasteiger partial charge in [-0.15, -0.1) is 0 Å². The van der Waals surface area contributed by atoms with E-state index in [2.05, 4.69) is 15.5 Å². The lowest BCUT2D eigenvalue weighted by molar-refractivity contribution is -0.130. The molecule has 3 aromatic rings. The summed E-state index contributed by atoms with van der Waals surface area (Å²) in [4.78, 5) is 28.1. The third-order valence-electron chi connectivity index (χ3n) is 4.18. The molecule has 8 heteroatoms. The number of hydrazone groups is 1. The molecule has 2 aromatic carbocycles. The van der Waals surface area contributed by atoms with E-state index in [0.29, 0.717) is 28.4 Å². The highest BCUT2D eigenvalue weighted by Gasteiger charge is 2.26. The molecule has 1 aliphatic rings. The van der Waals surface area contributed by atoms with Crippen molar-refractivity contribution in [1.29, 1.82) is 0 Å². The van der Waals surface area contributed by atoms with Gasteiger partial charge in [-0.1, -0.05) is 12.1 Å². The first-order valence-corrected chi connectivity index (χ1v) is 9.13. The number of pyridine rings is 1. The normalized spacial score (nSPS) is 14.9. The highest BCUT2D eigenvalue weighted by Crippen LogP contribution is 2.30. The van der Waals surface area contributed by atoms with E-state index in [0.717, 1.165) is 0 Å². The molecular formula is C22H17N3O5. The fraction of sp³-hybridized carbons (Fsp3) is 0.0909. The summed E-state index contributed by atoms with van der Waals surface area (Å²) in [6, 6.07) is 17.1. The Bertz CT molecular complexity index is 1070. The van der Waals surface area contributed by atoms with E-state index in [1.165, 1.54) is 12.4 Å². The Morgan fingerprint density at radius 3 is 2.63 bits per heavy atom. The quantitative estimate of drug-likeness (QED) is 0.304. The fourth-order valence-corrected chi connectivity index (χ4v) is 2.66. The van der Waals surface area contributed by atoms with Crippen molar-refractivity contribution in [3.63, 3.8) is 0 Å². The number of para-hydroxylation sites is 2. The summed E-state index contributed by atoms with van der Waals surface area (Å²) in [5.74, 6) is 0.603. The predicted octanol–water partition coefficient (Wildman–Crippen LogP) is 2.59. The molecule has 4 rings (SSSR count). The molecular weight excluding hydrogens is 386 g/mol. The number of fused-ring (bicyclic) bond motifs is 1. The average molecular weight is 403 g/mol. The molecule has 1 atom stereocenters. The van der Waals surface area contributed by atoms with E-state index in [-0.39, 0.29) is 6.61 Å². The van der Waals surface area contributed by atoms with Gasteiger partial charge < -0.3 is 14.2 Å². The van der Waals surface area contributed by atoms with Gasteiger partial charge in [0.1, 0.15) is 12.4 Å². The summed E-state index contributed by atoms with van der Waals surface area (Å²) in [5.41, 5.74) is 3.51. The first-order chi connectivity index (χ1) is 14.7. The molecule has 2 heterocycles. The van der Waals surface area contributed by atoms with Crippen molar-refractivity contribution in [2.24, 2.45) is 5.10 Å². The summed E-state index contributed by atoms with van der Waals surface area (Å²) >= 11 is 0. The molecule has 0 radical (unpaired) electrons. The second kappa shape index (κ2) is 8.87. The van der Waals surface area contributed by atoms with Gasteiger partial charge in [-0.25, -0.2) is 10.2 Å². The Balaban J connectivity index is 1.29. The van der Waals surface area contributed by atoms with Crippen LogP contribution in [0.25, 0.3) is 0 Å². The van der Waals surface area contributed by atoms with Crippen LogP contribution in [0.2, 0.25) is 0 Å². The standard InChI is InChI=1S/C22H17N3O5/c26-21(20-14-28-18-5-1-2-6-19(18)30-20)25-24-12-15-7-9-17(10-8-15)29-22(27)16-4-3-11-23-13-16/h1-13,20H,14H2,(H,25,26)/b24-12-/t20-/m0/s1. The Hall–Kier alpha value is -4.20. The minimum absolute atomic E-state index is 0.107. The van der Waals surface area contributed by atoms with Crippen molar-refractivity contribution >= 4 is 18.1 Å². The number of amides is 1. The van der Waals surface area contributed by atoms with Gasteiger partial charge in [-0.2, -0.15) is 5.10 Å². The first-order valence-electron chi connectivity index (χ1n) is 9.13. The number of nitrogens with zero attached hydrogens (tertiary/aromatic N) is 2. The Kier molecular flexibility index (Phi) is 5.66. The first kappa shape index (κ1) is 19.1. The topological polar surface area (TPSA) is 99.1 Å². The largest absolute Gasteiger partial charge is 0.485 e. The van der Waals surface area contributed by atoms with Crippen LogP contribution in [0, 0.1) is 0 Å². The molecule has 1 N–H and O–H groups in total. The summed E-state index contributed by atoms with van der Waals surface area (Å²) in [5, 5.41) is 3.93. The molecule has 0 saturated carbocycles. The van der Waals surface area contributed by atoms with Gasteiger partial charge in [0.2, 0.25) is 6.10 Å². The second-order valence-electron chi connectivity index (χ2n) is 6.30. The second-order valence-corrected chi connectivity index (χ2v) is 6.30. The number of ether oxygens (including phenoxy) is 3. The van der Waals surface area contributed by atoms with Gasteiger partial charge in [-0.05, 0) is 54.1 Å². The van der Waals surface area contributed by atoms with Crippen LogP contribution in [-0.4, -0.2) is 35.8 Å². The SMILES string of the molecule is O=C(Oc1ccc(/C=N\NC(=O)[C@@H]2COc3ccccc3O2)cc1)c1cccnc1. The molecule has 0 saturated heterocycles. The summed E-state index contributed by atoms with van der Waals surface area (Å²) in [6.45, 7) is 0.107. The maximum Gasteiger partial charge on any atom is 0.345 e. The number of esters is 1. The smallest absolute Gasteiger partial charge is 0.345 e. The van der Waals surface area contributed by atoms with Crippen molar-refractivity contribution < 1.29 is 23.8 Å². The van der Waals surface area contributed by atoms with E-state index in [1.807, 2.05) is 6.07 Å². The zero-order valence-corrected chi connectivity index (χ0v) is 15.7. The number of carbonyl (C=O) groups excluding carboxylic acids is 2. The summed E-state index contributed by atoms with van der Waals surface area (Å²) in [7, 11) is 0. The number of carbonyl (C=O) groups is 2. The lowest BCUT2D eigenvalue weighted by Crippen LogP contribution is -2.42. The maximum absolute atomic E-state index is 12.2. The van der Waals surface area contributed by atoms with Crippen LogP contribution in [0.3, 0.4) is 0 Å². The minimum Gasteiger partial charge on any atom is -0.485 e. The third-order valence-corrected chi connectivity index (χ3v) is 4.18. The van der Waals surface area contributed by atoms with Crippen LogP contribution in [0.5, 0.6) is 17.2 Å². The number of rotatable bonds is 5. The highest BCUT2D eigenvalue weighted by molar-refractivity contribution is 5.90. The zero-order valence-electron chi connectivity index (χ0n) is 15.7. The van der Waals surface area contributed by atoms with Gasteiger partial charge in [0, 0.05) is 12.4 Å². The summed E-state index contributed by atoms with van der Waals surface area (Å²) in [6.07, 6.45) is 3.70. The molecule has 30 heavy (non-hydrogen) atoms. The minimum atomic E-state index is -0.786. The molecule has 150 valence electrons. The Morgan fingerprint density at radius 2 is 1.87 bits per heavy atom. The zero-order chi connectivity index (χ0) is 20.8. The van der Waals surface area contributed by atoms with Crippen molar-refractivity contribution in [1.82, 2.24) is 10.4 Å². The van der Waals surface area contributed by atoms with Gasteiger partial charge in [0.25, 0.3) is 5.91 Å². The fourth-order valence-electron chi connectivity index (χ4n) is 2.66. The number of nitrogens with one attached hydrogen (secondary N) is 1. The van der Waals surface area contributed by atoms with Gasteiger partial charge in [-0.3, -0.25) is 9.78 Å². The number of benzene rings is 2. The Labute approximate surface area is 172 Å². The van der Waals surface area contributed by atoms with Crippen LogP contribution in [0.4, 0.5) is 0 Å². The van der Waals surface area contributed by atoms with E-state index >= 15 is 0 Å². The van der Waals surface area contributed by atoms with Gasteiger partial charge in [0.15, 0.2) is 11.5 Å². The molecule has 0 aliphatic carbocycles. The average Bonchev–Trinajstić information content (AvgIpc) is 2.80. The molecule has 1 aromatic heterocycles. The van der Waals surface area contributed by atoms with E-state index in [4.69, 9.17) is 14.2 Å². The predicted molar refractivity (Wildman–Crippen MR) is 108 cm³/mol. The number of aromatic nitrogens is 1. The van der Waals surface area contributed by atoms with Crippen molar-refractivity contribution in [2.75, 3.05) is 6.61 Å².